The molecule has 5 heteroatoms. The molecule has 2 aliphatic rings. The first kappa shape index (κ1) is 23.8. The normalized spacial score (nSPS) is 29.4. The maximum absolute atomic E-state index is 11.4. The Balaban J connectivity index is 1.45. The molecule has 1 aromatic rings. The molecule has 1 unspecified atom stereocenters. The summed E-state index contributed by atoms with van der Waals surface area (Å²) in [7, 11) is 0. The van der Waals surface area contributed by atoms with Crippen LogP contribution in [0.15, 0.2) is 42.5 Å². The molecule has 1 saturated heterocycles. The largest absolute Gasteiger partial charge is 0.493 e. The molecule has 1 heterocycles. The lowest BCUT2D eigenvalue weighted by Crippen LogP contribution is -2.21. The molecule has 2 fully saturated rings. The van der Waals surface area contributed by atoms with Crippen LogP contribution in [0.3, 0.4) is 0 Å². The first-order valence-corrected chi connectivity index (χ1v) is 12.0. The molecule has 2 N–H and O–H groups in total. The summed E-state index contributed by atoms with van der Waals surface area (Å²) >= 11 is 0. The Morgan fingerprint density at radius 1 is 1.26 bits per heavy atom. The van der Waals surface area contributed by atoms with E-state index in [4.69, 9.17) is 9.47 Å². The molecule has 0 aromatic heterocycles. The van der Waals surface area contributed by atoms with E-state index in [0.717, 1.165) is 50.7 Å². The number of hydrogen-bond donors (Lipinski definition) is 2. The molecule has 5 nitrogen and oxygen atoms in total. The van der Waals surface area contributed by atoms with Crippen LogP contribution in [0.4, 0.5) is 0 Å². The van der Waals surface area contributed by atoms with E-state index in [2.05, 4.69) is 12.2 Å². The van der Waals surface area contributed by atoms with Crippen LogP contribution in [0.1, 0.15) is 58.3 Å². The number of aliphatic hydroxyl groups is 1. The average Bonchev–Trinajstić information content (AvgIpc) is 2.93. The van der Waals surface area contributed by atoms with E-state index in [0.29, 0.717) is 31.5 Å². The van der Waals surface area contributed by atoms with Crippen LogP contribution < -0.4 is 4.74 Å². The van der Waals surface area contributed by atoms with E-state index in [9.17, 15) is 15.0 Å². The third-order valence-electron chi connectivity index (χ3n) is 6.91. The molecular weight excluding hydrogens is 392 g/mol. The van der Waals surface area contributed by atoms with Gasteiger partial charge in [0.05, 0.1) is 24.7 Å². The number of fused-ring (bicyclic) bond motifs is 1. The molecule has 1 saturated carbocycles. The minimum Gasteiger partial charge on any atom is -0.493 e. The Labute approximate surface area is 186 Å². The number of carbonyl (C=O) groups is 1. The van der Waals surface area contributed by atoms with Gasteiger partial charge in [0, 0.05) is 18.9 Å². The lowest BCUT2D eigenvalue weighted by atomic mass is 9.85. The van der Waals surface area contributed by atoms with Gasteiger partial charge in [-0.2, -0.15) is 0 Å². The maximum Gasteiger partial charge on any atom is 0.306 e. The quantitative estimate of drug-likeness (QED) is 0.378. The number of aliphatic hydroxyl groups excluding tert-OH is 1. The van der Waals surface area contributed by atoms with E-state index in [1.54, 1.807) is 0 Å². The molecule has 3 rings (SSSR count). The van der Waals surface area contributed by atoms with Crippen molar-refractivity contribution in [2.24, 2.45) is 23.7 Å². The summed E-state index contributed by atoms with van der Waals surface area (Å²) in [5, 5.41) is 20.0. The first-order valence-electron chi connectivity index (χ1n) is 12.0. The van der Waals surface area contributed by atoms with Crippen molar-refractivity contribution >= 4 is 5.97 Å². The van der Waals surface area contributed by atoms with Crippen LogP contribution in [0, 0.1) is 23.7 Å². The molecule has 1 aliphatic heterocycles. The van der Waals surface area contributed by atoms with Gasteiger partial charge in [0.1, 0.15) is 5.75 Å². The summed E-state index contributed by atoms with van der Waals surface area (Å²) < 4.78 is 12.0. The van der Waals surface area contributed by atoms with Gasteiger partial charge >= 0.3 is 5.97 Å². The summed E-state index contributed by atoms with van der Waals surface area (Å²) in [5.41, 5.74) is 0. The maximum atomic E-state index is 11.4. The van der Waals surface area contributed by atoms with Crippen LogP contribution in [-0.4, -0.2) is 41.6 Å². The molecule has 1 aromatic carbocycles. The summed E-state index contributed by atoms with van der Waals surface area (Å²) in [5.74, 6) is 0.875. The van der Waals surface area contributed by atoms with Gasteiger partial charge in [0.15, 0.2) is 0 Å². The summed E-state index contributed by atoms with van der Waals surface area (Å²) in [6.45, 7) is 3.35. The lowest BCUT2D eigenvalue weighted by Gasteiger charge is -2.20. The molecule has 31 heavy (non-hydrogen) atoms. The van der Waals surface area contributed by atoms with E-state index >= 15 is 0 Å². The van der Waals surface area contributed by atoms with Gasteiger partial charge < -0.3 is 19.7 Å². The number of aliphatic carboxylic acids is 1. The molecule has 0 spiro atoms. The van der Waals surface area contributed by atoms with E-state index in [-0.39, 0.29) is 24.0 Å². The van der Waals surface area contributed by atoms with Gasteiger partial charge in [0.2, 0.25) is 0 Å². The highest BCUT2D eigenvalue weighted by molar-refractivity contribution is 5.69. The number of benzene rings is 1. The fourth-order valence-corrected chi connectivity index (χ4v) is 5.13. The van der Waals surface area contributed by atoms with Crippen molar-refractivity contribution in [3.05, 3.63) is 42.5 Å². The Morgan fingerprint density at radius 3 is 2.81 bits per heavy atom. The zero-order chi connectivity index (χ0) is 22.1. The topological polar surface area (TPSA) is 76.0 Å². The number of carboxylic acids is 1. The van der Waals surface area contributed by atoms with Crippen molar-refractivity contribution in [2.45, 2.75) is 70.5 Å². The van der Waals surface area contributed by atoms with Gasteiger partial charge in [-0.3, -0.25) is 4.79 Å². The number of ether oxygens (including phenoxy) is 2. The smallest absolute Gasteiger partial charge is 0.306 e. The fourth-order valence-electron chi connectivity index (χ4n) is 5.13. The third-order valence-corrected chi connectivity index (χ3v) is 6.91. The van der Waals surface area contributed by atoms with Crippen molar-refractivity contribution in [1.29, 1.82) is 0 Å². The molecule has 6 atom stereocenters. The molecule has 0 bridgehead atoms. The van der Waals surface area contributed by atoms with Crippen molar-refractivity contribution in [1.82, 2.24) is 0 Å². The van der Waals surface area contributed by atoms with Crippen molar-refractivity contribution in [3.63, 3.8) is 0 Å². The van der Waals surface area contributed by atoms with E-state index in [1.807, 2.05) is 37.3 Å². The van der Waals surface area contributed by atoms with Gasteiger partial charge in [-0.25, -0.2) is 0 Å². The highest BCUT2D eigenvalue weighted by Gasteiger charge is 2.43. The number of hydrogen-bond acceptors (Lipinski definition) is 4. The fraction of sp³-hybridized carbons (Fsp3) is 0.654. The van der Waals surface area contributed by atoms with Gasteiger partial charge in [-0.15, -0.1) is 0 Å². The van der Waals surface area contributed by atoms with E-state index < -0.39 is 5.97 Å². The highest BCUT2D eigenvalue weighted by atomic mass is 16.5. The first-order chi connectivity index (χ1) is 15.1. The predicted octanol–water partition coefficient (Wildman–Crippen LogP) is 5.09. The molecule has 172 valence electrons. The zero-order valence-corrected chi connectivity index (χ0v) is 18.7. The second kappa shape index (κ2) is 12.3. The van der Waals surface area contributed by atoms with Crippen LogP contribution >= 0.6 is 0 Å². The lowest BCUT2D eigenvalue weighted by molar-refractivity contribution is -0.142. The highest BCUT2D eigenvalue weighted by Crippen LogP contribution is 2.42. The van der Waals surface area contributed by atoms with E-state index in [1.165, 1.54) is 0 Å². The van der Waals surface area contributed by atoms with Crippen molar-refractivity contribution < 1.29 is 24.5 Å². The van der Waals surface area contributed by atoms with Gasteiger partial charge in [-0.1, -0.05) is 43.7 Å². The van der Waals surface area contributed by atoms with Crippen LogP contribution in [0.2, 0.25) is 0 Å². The molecule has 1 aliphatic carbocycles. The molecule has 0 amide bonds. The number of carboxylic acid groups (broad SMARTS) is 1. The SMILES string of the molecule is CCCC(CC[C@@H]1CC[C@@H]2[C@@H](C=CCCOc3ccccc3)[C@H](O)C[C@@H]2OC1)C(=O)O. The van der Waals surface area contributed by atoms with Gasteiger partial charge in [-0.05, 0) is 62.5 Å². The zero-order valence-electron chi connectivity index (χ0n) is 18.7. The minimum atomic E-state index is -0.669. The predicted molar refractivity (Wildman–Crippen MR) is 121 cm³/mol. The average molecular weight is 431 g/mol. The Kier molecular flexibility index (Phi) is 9.41. The molecule has 0 radical (unpaired) electrons. The number of para-hydroxylation sites is 1. The summed E-state index contributed by atoms with van der Waals surface area (Å²) in [6.07, 6.45) is 11.0. The van der Waals surface area contributed by atoms with Crippen molar-refractivity contribution in [3.8, 4) is 5.75 Å². The Bertz CT molecular complexity index is 688. The monoisotopic (exact) mass is 430 g/mol. The van der Waals surface area contributed by atoms with Crippen LogP contribution in [-0.2, 0) is 9.53 Å². The second-order valence-corrected chi connectivity index (χ2v) is 9.14. The van der Waals surface area contributed by atoms with Gasteiger partial charge in [0.25, 0.3) is 0 Å². The standard InChI is InChI=1S/C26H38O5/c1-2-8-20(26(28)29)14-12-19-13-15-23-22(24(27)17-25(23)31-18-19)11-6-7-16-30-21-9-4-3-5-10-21/h3-6,9-11,19-20,22-25,27H,2,7-8,12-18H2,1H3,(H,28,29)/t19-,20?,22-,23-,24-,25+/m1/s1. The summed E-state index contributed by atoms with van der Waals surface area (Å²) in [6, 6.07) is 9.81. The minimum absolute atomic E-state index is 0.112. The molecular formula is C26H38O5. The van der Waals surface area contributed by atoms with Crippen LogP contribution in [0.5, 0.6) is 5.75 Å². The van der Waals surface area contributed by atoms with Crippen LogP contribution in [0.25, 0.3) is 0 Å². The van der Waals surface area contributed by atoms with Crippen molar-refractivity contribution in [2.75, 3.05) is 13.2 Å². The second-order valence-electron chi connectivity index (χ2n) is 9.14. The summed E-state index contributed by atoms with van der Waals surface area (Å²) in [4.78, 5) is 11.4. The number of rotatable bonds is 11. The Morgan fingerprint density at radius 2 is 2.06 bits per heavy atom. The third kappa shape index (κ3) is 7.08. The Hall–Kier alpha value is -1.85.